The van der Waals surface area contributed by atoms with Gasteiger partial charge < -0.3 is 9.52 Å². The summed E-state index contributed by atoms with van der Waals surface area (Å²) in [6.45, 7) is 6.36. The van der Waals surface area contributed by atoms with Gasteiger partial charge in [0.2, 0.25) is 11.8 Å². The molecule has 1 aliphatic carbocycles. The summed E-state index contributed by atoms with van der Waals surface area (Å²) in [5.41, 5.74) is 0.219. The number of aliphatic carboxylic acids is 1. The molecule has 0 aliphatic heterocycles. The number of hydrogen-bond donors (Lipinski definition) is 1. The molecule has 5 nitrogen and oxygen atoms in total. The first-order chi connectivity index (χ1) is 8.88. The van der Waals surface area contributed by atoms with Crippen LogP contribution < -0.4 is 0 Å². The summed E-state index contributed by atoms with van der Waals surface area (Å²) >= 11 is 0. The largest absolute Gasteiger partial charge is 0.481 e. The van der Waals surface area contributed by atoms with E-state index in [0.29, 0.717) is 18.2 Å². The lowest BCUT2D eigenvalue weighted by Gasteiger charge is -2.23. The molecule has 2 atom stereocenters. The molecule has 1 aromatic heterocycles. The third kappa shape index (κ3) is 3.33. The predicted molar refractivity (Wildman–Crippen MR) is 69.8 cm³/mol. The number of rotatable bonds is 5. The third-order valence-electron chi connectivity index (χ3n) is 4.08. The fourth-order valence-corrected chi connectivity index (χ4v) is 2.94. The van der Waals surface area contributed by atoms with Crippen LogP contribution in [0.2, 0.25) is 0 Å². The minimum Gasteiger partial charge on any atom is -0.481 e. The Morgan fingerprint density at radius 1 is 1.53 bits per heavy atom. The number of nitrogens with zero attached hydrogens (tertiary/aromatic N) is 2. The van der Waals surface area contributed by atoms with Crippen molar-refractivity contribution in [1.29, 1.82) is 0 Å². The Morgan fingerprint density at radius 2 is 2.26 bits per heavy atom. The molecule has 106 valence electrons. The minimum absolute atomic E-state index is 0.0161. The molecule has 2 unspecified atom stereocenters. The maximum Gasteiger partial charge on any atom is 0.303 e. The summed E-state index contributed by atoms with van der Waals surface area (Å²) in [7, 11) is 0. The standard InChI is InChI=1S/C14H22N2O3/c1-9(8-12(17)18)7-11-15-16-13(19-11)10-5-4-6-14(10,2)3/h9-10H,4-8H2,1-3H3,(H,17,18). The van der Waals surface area contributed by atoms with Crippen LogP contribution >= 0.6 is 0 Å². The first-order valence-electron chi connectivity index (χ1n) is 6.92. The highest BCUT2D eigenvalue weighted by Gasteiger charge is 2.38. The average Bonchev–Trinajstić information content (AvgIpc) is 2.83. The molecule has 0 saturated heterocycles. The molecule has 1 fully saturated rings. The minimum atomic E-state index is -0.788. The maximum absolute atomic E-state index is 10.6. The van der Waals surface area contributed by atoms with Gasteiger partial charge in [-0.1, -0.05) is 27.2 Å². The highest BCUT2D eigenvalue weighted by Crippen LogP contribution is 2.48. The molecule has 0 amide bonds. The molecule has 5 heteroatoms. The van der Waals surface area contributed by atoms with Crippen molar-refractivity contribution >= 4 is 5.97 Å². The molecule has 0 aromatic carbocycles. The zero-order chi connectivity index (χ0) is 14.0. The van der Waals surface area contributed by atoms with Crippen molar-refractivity contribution in [2.45, 2.75) is 58.8 Å². The number of hydrogen-bond acceptors (Lipinski definition) is 4. The van der Waals surface area contributed by atoms with Gasteiger partial charge in [-0.2, -0.15) is 0 Å². The van der Waals surface area contributed by atoms with E-state index in [2.05, 4.69) is 24.0 Å². The van der Waals surface area contributed by atoms with Crippen molar-refractivity contribution in [1.82, 2.24) is 10.2 Å². The first kappa shape index (κ1) is 14.0. The van der Waals surface area contributed by atoms with E-state index in [1.807, 2.05) is 6.92 Å². The third-order valence-corrected chi connectivity index (χ3v) is 4.08. The van der Waals surface area contributed by atoms with Crippen LogP contribution in [0.4, 0.5) is 0 Å². The highest BCUT2D eigenvalue weighted by molar-refractivity contribution is 5.66. The van der Waals surface area contributed by atoms with E-state index in [-0.39, 0.29) is 17.8 Å². The van der Waals surface area contributed by atoms with Crippen molar-refractivity contribution < 1.29 is 14.3 Å². The molecule has 1 saturated carbocycles. The van der Waals surface area contributed by atoms with Crippen LogP contribution in [0.5, 0.6) is 0 Å². The van der Waals surface area contributed by atoms with E-state index in [9.17, 15) is 4.79 Å². The number of carboxylic acid groups (broad SMARTS) is 1. The fraction of sp³-hybridized carbons (Fsp3) is 0.786. The Labute approximate surface area is 113 Å². The van der Waals surface area contributed by atoms with Crippen molar-refractivity contribution in [3.63, 3.8) is 0 Å². The monoisotopic (exact) mass is 266 g/mol. The first-order valence-corrected chi connectivity index (χ1v) is 6.92. The van der Waals surface area contributed by atoms with Crippen LogP contribution in [-0.4, -0.2) is 21.3 Å². The van der Waals surface area contributed by atoms with Gasteiger partial charge >= 0.3 is 5.97 Å². The Morgan fingerprint density at radius 3 is 2.84 bits per heavy atom. The van der Waals surface area contributed by atoms with E-state index >= 15 is 0 Å². The predicted octanol–water partition coefficient (Wildman–Crippen LogP) is 3.02. The van der Waals surface area contributed by atoms with Gasteiger partial charge in [-0.15, -0.1) is 10.2 Å². The van der Waals surface area contributed by atoms with Gasteiger partial charge in [0, 0.05) is 18.8 Å². The summed E-state index contributed by atoms with van der Waals surface area (Å²) in [6.07, 6.45) is 4.15. The van der Waals surface area contributed by atoms with Gasteiger partial charge in [0.05, 0.1) is 0 Å². The highest BCUT2D eigenvalue weighted by atomic mass is 16.4. The molecule has 1 aromatic rings. The molecular formula is C14H22N2O3. The van der Waals surface area contributed by atoms with E-state index in [0.717, 1.165) is 12.3 Å². The van der Waals surface area contributed by atoms with Crippen LogP contribution in [0.25, 0.3) is 0 Å². The smallest absolute Gasteiger partial charge is 0.303 e. The number of aromatic nitrogens is 2. The molecule has 0 bridgehead atoms. The van der Waals surface area contributed by atoms with Crippen molar-refractivity contribution in [2.75, 3.05) is 0 Å². The second-order valence-electron chi connectivity index (χ2n) is 6.37. The molecule has 0 radical (unpaired) electrons. The lowest BCUT2D eigenvalue weighted by atomic mass is 9.82. The van der Waals surface area contributed by atoms with E-state index < -0.39 is 5.97 Å². The molecule has 1 aliphatic rings. The Balaban J connectivity index is 2.01. The summed E-state index contributed by atoms with van der Waals surface area (Å²) in [4.78, 5) is 10.6. The van der Waals surface area contributed by atoms with Crippen LogP contribution in [-0.2, 0) is 11.2 Å². The molecule has 1 heterocycles. The van der Waals surface area contributed by atoms with Crippen LogP contribution in [0, 0.1) is 11.3 Å². The lowest BCUT2D eigenvalue weighted by Crippen LogP contribution is -2.15. The van der Waals surface area contributed by atoms with Crippen LogP contribution in [0.1, 0.15) is 64.2 Å². The second kappa shape index (κ2) is 5.31. The number of carbonyl (C=O) groups is 1. The normalized spacial score (nSPS) is 23.4. The Kier molecular flexibility index (Phi) is 3.92. The van der Waals surface area contributed by atoms with Gasteiger partial charge in [-0.25, -0.2) is 0 Å². The zero-order valence-corrected chi connectivity index (χ0v) is 11.8. The molecule has 1 N–H and O–H groups in total. The molecule has 0 spiro atoms. The van der Waals surface area contributed by atoms with E-state index in [1.54, 1.807) is 0 Å². The molecule has 2 rings (SSSR count). The van der Waals surface area contributed by atoms with Gasteiger partial charge in [-0.3, -0.25) is 4.79 Å². The summed E-state index contributed by atoms with van der Waals surface area (Å²) in [5.74, 6) is 0.849. The SMILES string of the molecule is CC(CC(=O)O)Cc1nnc(C2CCCC2(C)C)o1. The van der Waals surface area contributed by atoms with Crippen molar-refractivity contribution in [2.24, 2.45) is 11.3 Å². The fourth-order valence-electron chi connectivity index (χ4n) is 2.94. The van der Waals surface area contributed by atoms with Crippen molar-refractivity contribution in [3.8, 4) is 0 Å². The lowest BCUT2D eigenvalue weighted by molar-refractivity contribution is -0.137. The molecular weight excluding hydrogens is 244 g/mol. The van der Waals surface area contributed by atoms with E-state index in [4.69, 9.17) is 9.52 Å². The average molecular weight is 266 g/mol. The van der Waals surface area contributed by atoms with Gasteiger partial charge in [0.15, 0.2) is 0 Å². The van der Waals surface area contributed by atoms with E-state index in [1.165, 1.54) is 12.8 Å². The quantitative estimate of drug-likeness (QED) is 0.886. The van der Waals surface area contributed by atoms with Crippen LogP contribution in [0.3, 0.4) is 0 Å². The van der Waals surface area contributed by atoms with Gasteiger partial charge in [-0.05, 0) is 24.2 Å². The van der Waals surface area contributed by atoms with Gasteiger partial charge in [0.1, 0.15) is 0 Å². The summed E-state index contributed by atoms with van der Waals surface area (Å²) < 4.78 is 5.74. The zero-order valence-electron chi connectivity index (χ0n) is 11.8. The topological polar surface area (TPSA) is 76.2 Å². The van der Waals surface area contributed by atoms with Gasteiger partial charge in [0.25, 0.3) is 0 Å². The molecule has 19 heavy (non-hydrogen) atoms. The Bertz CT molecular complexity index is 453. The maximum atomic E-state index is 10.6. The van der Waals surface area contributed by atoms with Crippen molar-refractivity contribution in [3.05, 3.63) is 11.8 Å². The Hall–Kier alpha value is -1.39. The number of carboxylic acids is 1. The second-order valence-corrected chi connectivity index (χ2v) is 6.37. The van der Waals surface area contributed by atoms with Crippen LogP contribution in [0.15, 0.2) is 4.42 Å². The summed E-state index contributed by atoms with van der Waals surface area (Å²) in [6, 6.07) is 0. The summed E-state index contributed by atoms with van der Waals surface area (Å²) in [5, 5.41) is 17.0.